The third kappa shape index (κ3) is 6.10. The van der Waals surface area contributed by atoms with E-state index in [2.05, 4.69) is 20.4 Å². The van der Waals surface area contributed by atoms with E-state index in [0.29, 0.717) is 17.3 Å². The predicted octanol–water partition coefficient (Wildman–Crippen LogP) is 4.25. The monoisotopic (exact) mass is 511 g/mol. The Morgan fingerprint density at radius 1 is 0.944 bits per heavy atom. The van der Waals surface area contributed by atoms with E-state index in [1.165, 1.54) is 28.9 Å². The van der Waals surface area contributed by atoms with Crippen molar-refractivity contribution in [3.05, 3.63) is 94.5 Å². The molecule has 0 aliphatic carbocycles. The zero-order chi connectivity index (χ0) is 24.2. The Hall–Kier alpha value is -3.69. The van der Waals surface area contributed by atoms with Crippen molar-refractivity contribution in [3.63, 3.8) is 0 Å². The number of rotatable bonds is 6. The molecule has 186 valence electrons. The van der Waals surface area contributed by atoms with Gasteiger partial charge in [0.25, 0.3) is 5.56 Å². The van der Waals surface area contributed by atoms with Gasteiger partial charge in [0.2, 0.25) is 0 Å². The van der Waals surface area contributed by atoms with Crippen LogP contribution >= 0.6 is 12.4 Å². The summed E-state index contributed by atoms with van der Waals surface area (Å²) in [5, 5.41) is 7.61. The van der Waals surface area contributed by atoms with Crippen LogP contribution in [0.2, 0.25) is 0 Å². The molecule has 0 amide bonds. The number of piperidine rings is 1. The molecule has 36 heavy (non-hydrogen) atoms. The number of hydrogen-bond acceptors (Lipinski definition) is 6. The van der Waals surface area contributed by atoms with Crippen LogP contribution < -0.4 is 15.6 Å². The Labute approximate surface area is 212 Å². The molecule has 5 rings (SSSR count). The van der Waals surface area contributed by atoms with E-state index in [-0.39, 0.29) is 36.2 Å². The van der Waals surface area contributed by atoms with Crippen LogP contribution in [0.25, 0.3) is 22.6 Å². The molecular formula is C26H24ClF2N5O2. The molecular weight excluding hydrogens is 488 g/mol. The number of hydrogen-bond donors (Lipinski definition) is 1. The van der Waals surface area contributed by atoms with Crippen LogP contribution in [0, 0.1) is 11.6 Å². The summed E-state index contributed by atoms with van der Waals surface area (Å²) in [5.74, 6) is -0.245. The Morgan fingerprint density at radius 2 is 1.67 bits per heavy atom. The molecule has 2 aromatic carbocycles. The van der Waals surface area contributed by atoms with Gasteiger partial charge in [0.1, 0.15) is 17.7 Å². The normalized spacial score (nSPS) is 13.7. The minimum atomic E-state index is -0.709. The highest BCUT2D eigenvalue weighted by atomic mass is 35.5. The molecule has 0 atom stereocenters. The molecule has 2 aromatic heterocycles. The number of aromatic nitrogens is 4. The number of halogens is 3. The number of nitrogens with zero attached hydrogens (tertiary/aromatic N) is 4. The second kappa shape index (κ2) is 11.4. The van der Waals surface area contributed by atoms with Crippen LogP contribution in [-0.4, -0.2) is 38.9 Å². The molecule has 1 fully saturated rings. The predicted molar refractivity (Wildman–Crippen MR) is 134 cm³/mol. The van der Waals surface area contributed by atoms with E-state index in [9.17, 15) is 13.6 Å². The molecule has 1 N–H and O–H groups in total. The fourth-order valence-electron chi connectivity index (χ4n) is 4.03. The zero-order valence-corrected chi connectivity index (χ0v) is 20.0. The van der Waals surface area contributed by atoms with Crippen molar-refractivity contribution in [1.82, 2.24) is 25.1 Å². The molecule has 0 spiro atoms. The minimum Gasteiger partial charge on any atom is -0.487 e. The molecule has 0 saturated carbocycles. The molecule has 7 nitrogen and oxygen atoms in total. The van der Waals surface area contributed by atoms with E-state index >= 15 is 0 Å². The first-order valence-electron chi connectivity index (χ1n) is 11.4. The van der Waals surface area contributed by atoms with Crippen molar-refractivity contribution in [3.8, 4) is 28.4 Å². The van der Waals surface area contributed by atoms with Gasteiger partial charge in [0, 0.05) is 23.3 Å². The molecule has 4 aromatic rings. The Balaban J connectivity index is 0.00000304. The summed E-state index contributed by atoms with van der Waals surface area (Å²) < 4.78 is 34.5. The van der Waals surface area contributed by atoms with Gasteiger partial charge in [-0.1, -0.05) is 18.2 Å². The van der Waals surface area contributed by atoms with E-state index in [0.717, 1.165) is 43.1 Å². The summed E-state index contributed by atoms with van der Waals surface area (Å²) in [7, 11) is 0. The van der Waals surface area contributed by atoms with Gasteiger partial charge in [-0.25, -0.2) is 23.4 Å². The lowest BCUT2D eigenvalue weighted by Gasteiger charge is -2.23. The third-order valence-electron chi connectivity index (χ3n) is 5.76. The highest BCUT2D eigenvalue weighted by Gasteiger charge is 2.15. The first-order valence-corrected chi connectivity index (χ1v) is 11.4. The molecule has 10 heteroatoms. The lowest BCUT2D eigenvalue weighted by atomic mass is 10.1. The maximum atomic E-state index is 13.6. The van der Waals surface area contributed by atoms with Crippen molar-refractivity contribution in [2.75, 3.05) is 13.1 Å². The van der Waals surface area contributed by atoms with Crippen molar-refractivity contribution in [2.45, 2.75) is 25.5 Å². The topological polar surface area (TPSA) is 81.9 Å². The Morgan fingerprint density at radius 3 is 2.39 bits per heavy atom. The van der Waals surface area contributed by atoms with Crippen LogP contribution in [0.5, 0.6) is 5.75 Å². The standard InChI is InChI=1S/C26H23F2N5O2.ClH/c27-20-11-19(12-21(28)13-20)24-4-5-25(34)33(32-24)16-17-2-1-3-18(10-17)26-30-14-23(15-31-26)35-22-6-8-29-9-7-22;/h1-5,10-15,22,29H,6-9,16H2;1H. The zero-order valence-electron chi connectivity index (χ0n) is 19.2. The second-order valence-corrected chi connectivity index (χ2v) is 8.38. The first-order chi connectivity index (χ1) is 17.0. The largest absolute Gasteiger partial charge is 0.487 e. The van der Waals surface area contributed by atoms with Gasteiger partial charge in [0.15, 0.2) is 11.6 Å². The summed E-state index contributed by atoms with van der Waals surface area (Å²) in [4.78, 5) is 21.3. The van der Waals surface area contributed by atoms with E-state index in [1.54, 1.807) is 12.4 Å². The SMILES string of the molecule is Cl.O=c1ccc(-c2cc(F)cc(F)c2)nn1Cc1cccc(-c2ncc(OC3CCNCC3)cn2)c1. The van der Waals surface area contributed by atoms with E-state index in [4.69, 9.17) is 4.74 Å². The third-order valence-corrected chi connectivity index (χ3v) is 5.76. The average Bonchev–Trinajstić information content (AvgIpc) is 2.86. The van der Waals surface area contributed by atoms with E-state index in [1.807, 2.05) is 24.3 Å². The molecule has 1 saturated heterocycles. The fraction of sp³-hybridized carbons (Fsp3) is 0.231. The van der Waals surface area contributed by atoms with Gasteiger partial charge in [-0.05, 0) is 55.8 Å². The quantitative estimate of drug-likeness (QED) is 0.417. The highest BCUT2D eigenvalue weighted by molar-refractivity contribution is 5.85. The van der Waals surface area contributed by atoms with Crippen molar-refractivity contribution < 1.29 is 13.5 Å². The lowest BCUT2D eigenvalue weighted by Crippen LogP contribution is -2.34. The van der Waals surface area contributed by atoms with Gasteiger partial charge in [-0.2, -0.15) is 5.10 Å². The van der Waals surface area contributed by atoms with Crippen LogP contribution in [-0.2, 0) is 6.54 Å². The lowest BCUT2D eigenvalue weighted by molar-refractivity contribution is 0.161. The molecule has 0 unspecified atom stereocenters. The average molecular weight is 512 g/mol. The second-order valence-electron chi connectivity index (χ2n) is 8.38. The molecule has 0 radical (unpaired) electrons. The van der Waals surface area contributed by atoms with Crippen molar-refractivity contribution >= 4 is 12.4 Å². The first kappa shape index (κ1) is 25.4. The van der Waals surface area contributed by atoms with E-state index < -0.39 is 11.6 Å². The van der Waals surface area contributed by atoms with Crippen LogP contribution in [0.3, 0.4) is 0 Å². The van der Waals surface area contributed by atoms with Gasteiger partial charge in [0.05, 0.1) is 24.6 Å². The Bertz CT molecular complexity index is 1370. The van der Waals surface area contributed by atoms with Crippen LogP contribution in [0.15, 0.2) is 71.8 Å². The maximum Gasteiger partial charge on any atom is 0.267 e. The maximum absolute atomic E-state index is 13.6. The van der Waals surface area contributed by atoms with Crippen molar-refractivity contribution in [2.24, 2.45) is 0 Å². The number of nitrogens with one attached hydrogen (secondary N) is 1. The van der Waals surface area contributed by atoms with Crippen LogP contribution in [0.4, 0.5) is 8.78 Å². The number of benzene rings is 2. The molecule has 1 aliphatic rings. The smallest absolute Gasteiger partial charge is 0.267 e. The number of ether oxygens (including phenoxy) is 1. The van der Waals surface area contributed by atoms with Crippen molar-refractivity contribution in [1.29, 1.82) is 0 Å². The summed E-state index contributed by atoms with van der Waals surface area (Å²) in [6.07, 6.45) is 5.41. The summed E-state index contributed by atoms with van der Waals surface area (Å²) in [6, 6.07) is 13.4. The van der Waals surface area contributed by atoms with Crippen LogP contribution in [0.1, 0.15) is 18.4 Å². The van der Waals surface area contributed by atoms with Gasteiger partial charge in [-0.3, -0.25) is 4.79 Å². The van der Waals surface area contributed by atoms with Gasteiger partial charge < -0.3 is 10.1 Å². The highest BCUT2D eigenvalue weighted by Crippen LogP contribution is 2.21. The Kier molecular flexibility index (Phi) is 8.02. The molecule has 0 bridgehead atoms. The van der Waals surface area contributed by atoms with Gasteiger partial charge >= 0.3 is 0 Å². The summed E-state index contributed by atoms with van der Waals surface area (Å²) in [6.45, 7) is 2.06. The summed E-state index contributed by atoms with van der Waals surface area (Å²) in [5.41, 5.74) is 1.81. The minimum absolute atomic E-state index is 0. The molecule has 3 heterocycles. The summed E-state index contributed by atoms with van der Waals surface area (Å²) >= 11 is 0. The molecule has 1 aliphatic heterocycles. The van der Waals surface area contributed by atoms with Gasteiger partial charge in [-0.15, -0.1) is 12.4 Å². The fourth-order valence-corrected chi connectivity index (χ4v) is 4.03.